The van der Waals surface area contributed by atoms with Crippen LogP contribution in [-0.2, 0) is 9.53 Å². The molecule has 27 heavy (non-hydrogen) atoms. The second-order valence-corrected chi connectivity index (χ2v) is 7.51. The molecule has 0 unspecified atom stereocenters. The van der Waals surface area contributed by atoms with Gasteiger partial charge in [-0.15, -0.1) is 11.3 Å². The topological polar surface area (TPSA) is 58.6 Å². The normalized spacial score (nSPS) is 14.3. The zero-order valence-electron chi connectivity index (χ0n) is 15.7. The Morgan fingerprint density at radius 1 is 1.15 bits per heavy atom. The molecule has 1 fully saturated rings. The predicted octanol–water partition coefficient (Wildman–Crippen LogP) is 4.53. The number of thiophene rings is 1. The fourth-order valence-corrected chi connectivity index (χ4v) is 3.97. The van der Waals surface area contributed by atoms with E-state index in [9.17, 15) is 9.59 Å². The smallest absolute Gasteiger partial charge is 0.338 e. The largest absolute Gasteiger partial charge is 0.462 e. The summed E-state index contributed by atoms with van der Waals surface area (Å²) in [6.07, 6.45) is 4.05. The molecule has 5 nitrogen and oxygen atoms in total. The molecule has 1 N–H and O–H groups in total. The van der Waals surface area contributed by atoms with Crippen LogP contribution in [0.25, 0.3) is 10.4 Å². The molecule has 6 heteroatoms. The Hall–Kier alpha value is -2.60. The molecule has 0 spiro atoms. The van der Waals surface area contributed by atoms with Crippen molar-refractivity contribution in [3.63, 3.8) is 0 Å². The van der Waals surface area contributed by atoms with Crippen LogP contribution in [0.4, 0.5) is 5.00 Å². The maximum Gasteiger partial charge on any atom is 0.338 e. The molecule has 0 aliphatic carbocycles. The molecular weight excluding hydrogens is 360 g/mol. The number of hydrogen-bond donors (Lipinski definition) is 1. The average Bonchev–Trinajstić information content (AvgIpc) is 3.34. The van der Waals surface area contributed by atoms with Crippen molar-refractivity contribution in [2.75, 3.05) is 25.0 Å². The Labute approximate surface area is 163 Å². The molecule has 1 aromatic carbocycles. The Kier molecular flexibility index (Phi) is 6.29. The minimum absolute atomic E-state index is 0.106. The molecule has 2 aromatic rings. The average molecular weight is 385 g/mol. The molecule has 0 atom stereocenters. The van der Waals surface area contributed by atoms with Crippen molar-refractivity contribution in [3.05, 3.63) is 53.7 Å². The minimum Gasteiger partial charge on any atom is -0.462 e. The molecule has 0 saturated carbocycles. The van der Waals surface area contributed by atoms with Gasteiger partial charge in [-0.1, -0.05) is 12.1 Å². The minimum atomic E-state index is -0.316. The Balaban J connectivity index is 1.63. The number of amides is 1. The van der Waals surface area contributed by atoms with Crippen LogP contribution in [0.15, 0.2) is 48.2 Å². The van der Waals surface area contributed by atoms with Crippen LogP contribution < -0.4 is 5.32 Å². The van der Waals surface area contributed by atoms with Crippen molar-refractivity contribution in [2.45, 2.75) is 26.7 Å². The first-order chi connectivity index (χ1) is 13.1. The van der Waals surface area contributed by atoms with Crippen LogP contribution in [0, 0.1) is 0 Å². The van der Waals surface area contributed by atoms with E-state index in [0.717, 1.165) is 34.2 Å². The maximum atomic E-state index is 12.2. The van der Waals surface area contributed by atoms with Gasteiger partial charge in [-0.3, -0.25) is 4.79 Å². The Morgan fingerprint density at radius 2 is 1.85 bits per heavy atom. The number of allylic oxidation sites excluding steroid dienone is 1. The van der Waals surface area contributed by atoms with Gasteiger partial charge in [-0.05, 0) is 56.5 Å². The number of benzene rings is 1. The van der Waals surface area contributed by atoms with Crippen molar-refractivity contribution in [1.29, 1.82) is 0 Å². The number of carbonyl (C=O) groups excluding carboxylic acids is 2. The summed E-state index contributed by atoms with van der Waals surface area (Å²) in [5.41, 5.74) is 2.54. The van der Waals surface area contributed by atoms with Gasteiger partial charge in [0.2, 0.25) is 0 Å². The highest BCUT2D eigenvalue weighted by atomic mass is 32.1. The van der Waals surface area contributed by atoms with Gasteiger partial charge in [0.25, 0.3) is 5.91 Å². The maximum absolute atomic E-state index is 12.2. The van der Waals surface area contributed by atoms with E-state index in [1.165, 1.54) is 24.2 Å². The monoisotopic (exact) mass is 384 g/mol. The second-order valence-electron chi connectivity index (χ2n) is 6.43. The third-order valence-electron chi connectivity index (χ3n) is 4.48. The molecule has 0 radical (unpaired) electrons. The van der Waals surface area contributed by atoms with E-state index in [0.29, 0.717) is 12.2 Å². The molecule has 1 saturated heterocycles. The first-order valence-electron chi connectivity index (χ1n) is 9.18. The zero-order chi connectivity index (χ0) is 19.2. The standard InChI is InChI=1S/C21H24N2O3S/c1-3-26-21(25)17-8-6-16(7-9-17)18-10-11-20(27-18)22-19(24)14-15(2)23-12-4-5-13-23/h6-11,14H,3-5,12-13H2,1-2H3,(H,22,24). The molecule has 2 heterocycles. The fourth-order valence-electron chi connectivity index (χ4n) is 3.05. The van der Waals surface area contributed by atoms with Gasteiger partial charge in [0.15, 0.2) is 0 Å². The predicted molar refractivity (Wildman–Crippen MR) is 109 cm³/mol. The SMILES string of the molecule is CCOC(=O)c1ccc(-c2ccc(NC(=O)C=C(C)N3CCCC3)s2)cc1. The number of nitrogens with zero attached hydrogens (tertiary/aromatic N) is 1. The van der Waals surface area contributed by atoms with Crippen LogP contribution in [0.3, 0.4) is 0 Å². The van der Waals surface area contributed by atoms with E-state index in [4.69, 9.17) is 4.74 Å². The molecule has 1 aliphatic heterocycles. The molecule has 3 rings (SSSR count). The van der Waals surface area contributed by atoms with Gasteiger partial charge in [-0.25, -0.2) is 4.79 Å². The summed E-state index contributed by atoms with van der Waals surface area (Å²) < 4.78 is 5.00. The molecule has 1 aliphatic rings. The van der Waals surface area contributed by atoms with E-state index < -0.39 is 0 Å². The highest BCUT2D eigenvalue weighted by Gasteiger charge is 2.13. The van der Waals surface area contributed by atoms with E-state index in [-0.39, 0.29) is 11.9 Å². The lowest BCUT2D eigenvalue weighted by atomic mass is 10.1. The number of ether oxygens (including phenoxy) is 1. The lowest BCUT2D eigenvalue weighted by Crippen LogP contribution is -2.19. The van der Waals surface area contributed by atoms with Crippen LogP contribution in [0.1, 0.15) is 37.0 Å². The van der Waals surface area contributed by atoms with Crippen LogP contribution in [-0.4, -0.2) is 36.5 Å². The summed E-state index contributed by atoms with van der Waals surface area (Å²) >= 11 is 1.51. The number of rotatable bonds is 6. The zero-order valence-corrected chi connectivity index (χ0v) is 16.5. The molecule has 142 valence electrons. The highest BCUT2D eigenvalue weighted by molar-refractivity contribution is 7.19. The first-order valence-corrected chi connectivity index (χ1v) is 10.00. The molecule has 1 amide bonds. The number of hydrogen-bond acceptors (Lipinski definition) is 5. The molecular formula is C21H24N2O3S. The fraction of sp³-hybridized carbons (Fsp3) is 0.333. The van der Waals surface area contributed by atoms with Gasteiger partial charge in [0, 0.05) is 29.7 Å². The van der Waals surface area contributed by atoms with E-state index >= 15 is 0 Å². The summed E-state index contributed by atoms with van der Waals surface area (Å²) in [4.78, 5) is 27.2. The van der Waals surface area contributed by atoms with E-state index in [1.807, 2.05) is 31.2 Å². The number of nitrogens with one attached hydrogen (secondary N) is 1. The lowest BCUT2D eigenvalue weighted by Gasteiger charge is -2.17. The summed E-state index contributed by atoms with van der Waals surface area (Å²) in [7, 11) is 0. The van der Waals surface area contributed by atoms with Crippen molar-refractivity contribution < 1.29 is 14.3 Å². The third kappa shape index (κ3) is 4.98. The number of carbonyl (C=O) groups is 2. The van der Waals surface area contributed by atoms with Gasteiger partial charge < -0.3 is 15.0 Å². The van der Waals surface area contributed by atoms with E-state index in [1.54, 1.807) is 25.1 Å². The number of likely N-dealkylation sites (tertiary alicyclic amines) is 1. The molecule has 0 bridgehead atoms. The van der Waals surface area contributed by atoms with Gasteiger partial charge in [0.05, 0.1) is 17.2 Å². The van der Waals surface area contributed by atoms with Crippen LogP contribution in [0.5, 0.6) is 0 Å². The van der Waals surface area contributed by atoms with Gasteiger partial charge in [0.1, 0.15) is 0 Å². The highest BCUT2D eigenvalue weighted by Crippen LogP contribution is 2.31. The summed E-state index contributed by atoms with van der Waals surface area (Å²) in [5, 5.41) is 3.74. The van der Waals surface area contributed by atoms with Crippen LogP contribution in [0.2, 0.25) is 0 Å². The van der Waals surface area contributed by atoms with Gasteiger partial charge in [-0.2, -0.15) is 0 Å². The van der Waals surface area contributed by atoms with Crippen molar-refractivity contribution >= 4 is 28.2 Å². The summed E-state index contributed by atoms with van der Waals surface area (Å²) in [6, 6.07) is 11.2. The van der Waals surface area contributed by atoms with Crippen molar-refractivity contribution in [1.82, 2.24) is 4.90 Å². The lowest BCUT2D eigenvalue weighted by molar-refractivity contribution is -0.112. The van der Waals surface area contributed by atoms with Crippen molar-refractivity contribution in [2.24, 2.45) is 0 Å². The van der Waals surface area contributed by atoms with Gasteiger partial charge >= 0.3 is 5.97 Å². The molecule has 1 aromatic heterocycles. The summed E-state index contributed by atoms with van der Waals surface area (Å²) in [5.74, 6) is -0.422. The first kappa shape index (κ1) is 19.2. The quantitative estimate of drug-likeness (QED) is 0.587. The summed E-state index contributed by atoms with van der Waals surface area (Å²) in [6.45, 7) is 6.19. The third-order valence-corrected chi connectivity index (χ3v) is 5.53. The van der Waals surface area contributed by atoms with Crippen molar-refractivity contribution in [3.8, 4) is 10.4 Å². The van der Waals surface area contributed by atoms with Crippen LogP contribution >= 0.6 is 11.3 Å². The number of esters is 1. The Bertz CT molecular complexity index is 833. The second kappa shape index (κ2) is 8.86. The number of anilines is 1. The Morgan fingerprint density at radius 3 is 2.52 bits per heavy atom. The van der Waals surface area contributed by atoms with E-state index in [2.05, 4.69) is 10.2 Å².